The van der Waals surface area contributed by atoms with E-state index in [-0.39, 0.29) is 18.2 Å². The van der Waals surface area contributed by atoms with Gasteiger partial charge in [0.25, 0.3) is 0 Å². The van der Waals surface area contributed by atoms with Gasteiger partial charge in [0, 0.05) is 17.6 Å². The monoisotopic (exact) mass is 269 g/mol. The van der Waals surface area contributed by atoms with Gasteiger partial charge in [0.15, 0.2) is 23.3 Å². The van der Waals surface area contributed by atoms with Gasteiger partial charge in [0.1, 0.15) is 0 Å². The quantitative estimate of drug-likeness (QED) is 0.900. The van der Waals surface area contributed by atoms with Crippen LogP contribution in [0.25, 0.3) is 0 Å². The van der Waals surface area contributed by atoms with Crippen molar-refractivity contribution in [1.82, 2.24) is 4.98 Å². The van der Waals surface area contributed by atoms with Crippen LogP contribution < -0.4 is 11.1 Å². The predicted molar refractivity (Wildman–Crippen MR) is 67.3 cm³/mol. The highest BCUT2D eigenvalue weighted by Gasteiger charge is 2.09. The number of aromatic nitrogens is 1. The van der Waals surface area contributed by atoms with E-state index in [4.69, 9.17) is 17.3 Å². The van der Waals surface area contributed by atoms with E-state index in [2.05, 4.69) is 10.3 Å². The Balaban J connectivity index is 2.16. The van der Waals surface area contributed by atoms with E-state index in [1.54, 1.807) is 18.2 Å². The molecule has 0 aliphatic heterocycles. The van der Waals surface area contributed by atoms with Crippen LogP contribution in [0.3, 0.4) is 0 Å². The van der Waals surface area contributed by atoms with Crippen LogP contribution in [0, 0.1) is 11.6 Å². The summed E-state index contributed by atoms with van der Waals surface area (Å²) in [6, 6.07) is 7.81. The summed E-state index contributed by atoms with van der Waals surface area (Å²) in [5.41, 5.74) is 6.05. The summed E-state index contributed by atoms with van der Waals surface area (Å²) in [5, 5.41) is 3.28. The first-order valence-electron chi connectivity index (χ1n) is 5.16. The second-order valence-corrected chi connectivity index (χ2v) is 4.04. The van der Waals surface area contributed by atoms with Gasteiger partial charge in [-0.1, -0.05) is 29.8 Å². The Morgan fingerprint density at radius 1 is 1.22 bits per heavy atom. The van der Waals surface area contributed by atoms with Crippen LogP contribution in [0.15, 0.2) is 30.3 Å². The molecule has 0 saturated heterocycles. The molecule has 94 valence electrons. The topological polar surface area (TPSA) is 50.9 Å². The molecular weight excluding hydrogens is 260 g/mol. The van der Waals surface area contributed by atoms with Crippen molar-refractivity contribution in [1.29, 1.82) is 0 Å². The molecule has 6 heteroatoms. The molecule has 0 bridgehead atoms. The summed E-state index contributed by atoms with van der Waals surface area (Å²) in [4.78, 5) is 3.59. The molecule has 0 aliphatic carbocycles. The zero-order valence-corrected chi connectivity index (χ0v) is 10.0. The van der Waals surface area contributed by atoms with Gasteiger partial charge in [0.2, 0.25) is 0 Å². The molecule has 18 heavy (non-hydrogen) atoms. The first-order valence-corrected chi connectivity index (χ1v) is 5.54. The SMILES string of the molecule is Nc1nc(NCc2ccccc2Cl)c(F)cc1F. The molecule has 0 spiro atoms. The summed E-state index contributed by atoms with van der Waals surface area (Å²) in [6.45, 7) is 0.272. The van der Waals surface area contributed by atoms with Gasteiger partial charge >= 0.3 is 0 Å². The molecule has 0 radical (unpaired) electrons. The Morgan fingerprint density at radius 2 is 1.94 bits per heavy atom. The lowest BCUT2D eigenvalue weighted by Gasteiger charge is -2.09. The number of anilines is 2. The first-order chi connectivity index (χ1) is 8.58. The molecule has 1 heterocycles. The number of pyridine rings is 1. The standard InChI is InChI=1S/C12H10ClF2N3/c13-8-4-2-1-3-7(8)6-17-12-10(15)5-9(14)11(16)18-12/h1-5H,6H2,(H3,16,17,18). The number of halogens is 3. The van der Waals surface area contributed by atoms with Crippen LogP contribution in [0.2, 0.25) is 5.02 Å². The van der Waals surface area contributed by atoms with Crippen LogP contribution in [0.4, 0.5) is 20.4 Å². The van der Waals surface area contributed by atoms with Crippen LogP contribution in [0.5, 0.6) is 0 Å². The van der Waals surface area contributed by atoms with Crippen LogP contribution in [0.1, 0.15) is 5.56 Å². The summed E-state index contributed by atoms with van der Waals surface area (Å²) >= 11 is 5.95. The van der Waals surface area contributed by atoms with Crippen LogP contribution >= 0.6 is 11.6 Å². The molecule has 0 fully saturated rings. The van der Waals surface area contributed by atoms with Crippen molar-refractivity contribution in [2.24, 2.45) is 0 Å². The van der Waals surface area contributed by atoms with Crippen molar-refractivity contribution < 1.29 is 8.78 Å². The number of nitrogens with one attached hydrogen (secondary N) is 1. The van der Waals surface area contributed by atoms with Gasteiger partial charge in [-0.05, 0) is 11.6 Å². The number of hydrogen-bond donors (Lipinski definition) is 2. The van der Waals surface area contributed by atoms with Crippen molar-refractivity contribution in [3.8, 4) is 0 Å². The number of nitrogens with zero attached hydrogens (tertiary/aromatic N) is 1. The van der Waals surface area contributed by atoms with E-state index in [9.17, 15) is 8.78 Å². The Labute approximate surface area is 108 Å². The average Bonchev–Trinajstić information content (AvgIpc) is 2.34. The lowest BCUT2D eigenvalue weighted by atomic mass is 10.2. The van der Waals surface area contributed by atoms with E-state index in [0.717, 1.165) is 5.56 Å². The Bertz CT molecular complexity index is 575. The second-order valence-electron chi connectivity index (χ2n) is 3.63. The highest BCUT2D eigenvalue weighted by molar-refractivity contribution is 6.31. The Hall–Kier alpha value is -1.88. The van der Waals surface area contributed by atoms with Crippen LogP contribution in [-0.4, -0.2) is 4.98 Å². The second kappa shape index (κ2) is 5.18. The van der Waals surface area contributed by atoms with E-state index in [1.165, 1.54) is 0 Å². The molecule has 0 atom stereocenters. The lowest BCUT2D eigenvalue weighted by Crippen LogP contribution is -2.07. The van der Waals surface area contributed by atoms with Crippen molar-refractivity contribution in [3.05, 3.63) is 52.6 Å². The number of hydrogen-bond acceptors (Lipinski definition) is 3. The Kier molecular flexibility index (Phi) is 3.62. The largest absolute Gasteiger partial charge is 0.381 e. The molecule has 0 saturated carbocycles. The molecule has 0 aliphatic rings. The molecule has 1 aromatic heterocycles. The van der Waals surface area contributed by atoms with E-state index < -0.39 is 11.6 Å². The molecule has 3 N–H and O–H groups in total. The van der Waals surface area contributed by atoms with Gasteiger partial charge in [-0.25, -0.2) is 13.8 Å². The minimum absolute atomic E-state index is 0.103. The summed E-state index contributed by atoms with van der Waals surface area (Å²) in [7, 11) is 0. The smallest absolute Gasteiger partial charge is 0.168 e. The summed E-state index contributed by atoms with van der Waals surface area (Å²) in [6.07, 6.45) is 0. The third-order valence-corrected chi connectivity index (χ3v) is 2.73. The minimum atomic E-state index is -0.879. The molecule has 0 amide bonds. The van der Waals surface area contributed by atoms with Crippen molar-refractivity contribution >= 4 is 23.2 Å². The van der Waals surface area contributed by atoms with Gasteiger partial charge in [-0.3, -0.25) is 0 Å². The van der Waals surface area contributed by atoms with Crippen molar-refractivity contribution in [3.63, 3.8) is 0 Å². The molecule has 1 aromatic carbocycles. The van der Waals surface area contributed by atoms with Crippen molar-refractivity contribution in [2.75, 3.05) is 11.1 Å². The number of rotatable bonds is 3. The minimum Gasteiger partial charge on any atom is -0.381 e. The fourth-order valence-corrected chi connectivity index (χ4v) is 1.63. The normalized spacial score (nSPS) is 10.4. The number of benzene rings is 1. The molecule has 0 unspecified atom stereocenters. The average molecular weight is 270 g/mol. The zero-order chi connectivity index (χ0) is 13.1. The van der Waals surface area contributed by atoms with Gasteiger partial charge in [-0.15, -0.1) is 0 Å². The van der Waals surface area contributed by atoms with Crippen molar-refractivity contribution in [2.45, 2.75) is 6.54 Å². The van der Waals surface area contributed by atoms with E-state index in [0.29, 0.717) is 11.1 Å². The summed E-state index contributed by atoms with van der Waals surface area (Å²) in [5.74, 6) is -2.13. The molecular formula is C12H10ClF2N3. The van der Waals surface area contributed by atoms with E-state index >= 15 is 0 Å². The van der Waals surface area contributed by atoms with Gasteiger partial charge in [0.05, 0.1) is 0 Å². The number of nitrogens with two attached hydrogens (primary N) is 1. The fraction of sp³-hybridized carbons (Fsp3) is 0.0833. The third kappa shape index (κ3) is 2.68. The molecule has 3 nitrogen and oxygen atoms in total. The first kappa shape index (κ1) is 12.6. The highest BCUT2D eigenvalue weighted by atomic mass is 35.5. The maximum absolute atomic E-state index is 13.4. The van der Waals surface area contributed by atoms with Crippen LogP contribution in [-0.2, 0) is 6.54 Å². The highest BCUT2D eigenvalue weighted by Crippen LogP contribution is 2.19. The van der Waals surface area contributed by atoms with Gasteiger partial charge in [-0.2, -0.15) is 0 Å². The maximum atomic E-state index is 13.4. The lowest BCUT2D eigenvalue weighted by molar-refractivity contribution is 0.579. The Morgan fingerprint density at radius 3 is 2.67 bits per heavy atom. The molecule has 2 aromatic rings. The number of nitrogen functional groups attached to an aromatic ring is 1. The predicted octanol–water partition coefficient (Wildman–Crippen LogP) is 3.21. The zero-order valence-electron chi connectivity index (χ0n) is 9.25. The fourth-order valence-electron chi connectivity index (χ4n) is 1.43. The van der Waals surface area contributed by atoms with E-state index in [1.807, 2.05) is 6.07 Å². The molecule has 2 rings (SSSR count). The maximum Gasteiger partial charge on any atom is 0.168 e. The third-order valence-electron chi connectivity index (χ3n) is 2.36. The summed E-state index contributed by atoms with van der Waals surface area (Å²) < 4.78 is 26.3. The van der Waals surface area contributed by atoms with Gasteiger partial charge < -0.3 is 11.1 Å².